The molecule has 4 aromatic rings. The van der Waals surface area contributed by atoms with Gasteiger partial charge in [-0.1, -0.05) is 36.4 Å². The molecule has 7 nitrogen and oxygen atoms in total. The Balaban J connectivity index is 1.63. The molecule has 142 valence electrons. The molecule has 1 aromatic heterocycles. The van der Waals surface area contributed by atoms with Crippen molar-refractivity contribution in [3.63, 3.8) is 0 Å². The zero-order chi connectivity index (χ0) is 20.4. The first-order chi connectivity index (χ1) is 14.0. The smallest absolute Gasteiger partial charge is 0.344 e. The number of hydrogen-bond donors (Lipinski definition) is 1. The van der Waals surface area contributed by atoms with Gasteiger partial charge in [-0.05, 0) is 35.9 Å². The maximum absolute atomic E-state index is 12.3. The molecule has 0 unspecified atom stereocenters. The number of hydrogen-bond acceptors (Lipinski definition) is 6. The summed E-state index contributed by atoms with van der Waals surface area (Å²) in [5, 5.41) is 21.7. The van der Waals surface area contributed by atoms with Crippen molar-refractivity contribution in [2.75, 3.05) is 0 Å². The third-order valence-electron chi connectivity index (χ3n) is 4.42. The molecule has 0 radical (unpaired) electrons. The summed E-state index contributed by atoms with van der Waals surface area (Å²) >= 11 is 0. The molecule has 0 aliphatic heterocycles. The van der Waals surface area contributed by atoms with Crippen molar-refractivity contribution in [2.45, 2.75) is 0 Å². The highest BCUT2D eigenvalue weighted by atomic mass is 16.6. The highest BCUT2D eigenvalue weighted by Gasteiger charge is 2.15. The normalized spacial score (nSPS) is 11.2. The molecule has 0 aliphatic carbocycles. The summed E-state index contributed by atoms with van der Waals surface area (Å²) in [6, 6.07) is 20.2. The summed E-state index contributed by atoms with van der Waals surface area (Å²) in [6.45, 7) is 0. The Bertz CT molecular complexity index is 1310. The number of para-hydroxylation sites is 2. The molecule has 0 saturated heterocycles. The molecular formula is C22H14N2O5. The first-order valence-electron chi connectivity index (χ1n) is 8.67. The first-order valence-corrected chi connectivity index (χ1v) is 8.67. The van der Waals surface area contributed by atoms with E-state index in [9.17, 15) is 20.0 Å². The lowest BCUT2D eigenvalue weighted by atomic mass is 10.1. The SMILES string of the molecule is O=c1oc2ccccc2cc1-c1ccc(N=Cc2cccc([N+](=O)[O-])c2O)cc1. The lowest BCUT2D eigenvalue weighted by molar-refractivity contribution is -0.385. The van der Waals surface area contributed by atoms with E-state index in [4.69, 9.17) is 4.42 Å². The minimum Gasteiger partial charge on any atom is -0.502 e. The van der Waals surface area contributed by atoms with E-state index in [1.165, 1.54) is 24.4 Å². The Morgan fingerprint density at radius 3 is 2.52 bits per heavy atom. The Morgan fingerprint density at radius 1 is 1.00 bits per heavy atom. The van der Waals surface area contributed by atoms with Gasteiger partial charge in [0.25, 0.3) is 0 Å². The van der Waals surface area contributed by atoms with Crippen LogP contribution in [0.2, 0.25) is 0 Å². The van der Waals surface area contributed by atoms with Crippen molar-refractivity contribution in [3.05, 3.63) is 98.9 Å². The third-order valence-corrected chi connectivity index (χ3v) is 4.42. The molecule has 0 amide bonds. The van der Waals surface area contributed by atoms with E-state index in [0.29, 0.717) is 22.4 Å². The van der Waals surface area contributed by atoms with Gasteiger partial charge in [0.05, 0.1) is 16.2 Å². The summed E-state index contributed by atoms with van der Waals surface area (Å²) in [5.41, 5.74) is 1.63. The van der Waals surface area contributed by atoms with Crippen molar-refractivity contribution in [1.82, 2.24) is 0 Å². The van der Waals surface area contributed by atoms with E-state index in [1.54, 1.807) is 42.5 Å². The van der Waals surface area contributed by atoms with E-state index >= 15 is 0 Å². The number of benzene rings is 3. The van der Waals surface area contributed by atoms with E-state index in [-0.39, 0.29) is 11.3 Å². The van der Waals surface area contributed by atoms with Gasteiger partial charge < -0.3 is 9.52 Å². The number of aliphatic imine (C=N–C) groups is 1. The zero-order valence-corrected chi connectivity index (χ0v) is 15.0. The van der Waals surface area contributed by atoms with E-state index < -0.39 is 16.3 Å². The topological polar surface area (TPSA) is 106 Å². The van der Waals surface area contributed by atoms with Crippen LogP contribution in [-0.2, 0) is 0 Å². The molecule has 3 aromatic carbocycles. The number of aromatic hydroxyl groups is 1. The van der Waals surface area contributed by atoms with Crippen molar-refractivity contribution in [3.8, 4) is 16.9 Å². The van der Waals surface area contributed by atoms with Gasteiger partial charge in [0.2, 0.25) is 5.75 Å². The minimum atomic E-state index is -0.656. The third kappa shape index (κ3) is 3.61. The van der Waals surface area contributed by atoms with Crippen LogP contribution in [0.25, 0.3) is 22.1 Å². The van der Waals surface area contributed by atoms with Crippen LogP contribution < -0.4 is 5.63 Å². The highest BCUT2D eigenvalue weighted by molar-refractivity contribution is 5.87. The molecule has 0 saturated carbocycles. The monoisotopic (exact) mass is 386 g/mol. The predicted octanol–water partition coefficient (Wildman–Crippen LogP) is 4.82. The number of nitrogens with zero attached hydrogens (tertiary/aromatic N) is 2. The second kappa shape index (κ2) is 7.40. The van der Waals surface area contributed by atoms with Crippen LogP contribution in [0.15, 0.2) is 87.0 Å². The molecule has 0 atom stereocenters. The van der Waals surface area contributed by atoms with Crippen LogP contribution in [0.4, 0.5) is 11.4 Å². The van der Waals surface area contributed by atoms with E-state index in [2.05, 4.69) is 4.99 Å². The fraction of sp³-hybridized carbons (Fsp3) is 0. The molecule has 0 fully saturated rings. The Labute approximate surface area is 164 Å². The number of phenolic OH excluding ortho intramolecular Hbond substituents is 1. The van der Waals surface area contributed by atoms with E-state index in [1.807, 2.05) is 12.1 Å². The molecule has 7 heteroatoms. The van der Waals surface area contributed by atoms with Crippen LogP contribution in [-0.4, -0.2) is 16.2 Å². The van der Waals surface area contributed by atoms with Crippen LogP contribution in [0.5, 0.6) is 5.75 Å². The lowest BCUT2D eigenvalue weighted by Gasteiger charge is -2.03. The van der Waals surface area contributed by atoms with Gasteiger partial charge in [-0.15, -0.1) is 0 Å². The van der Waals surface area contributed by atoms with Gasteiger partial charge in [0.1, 0.15) is 5.58 Å². The standard InChI is InChI=1S/C22H14N2O5/c25-21-16(5-3-6-19(21)24(27)28)13-23-17-10-8-14(9-11-17)18-12-15-4-1-2-7-20(15)29-22(18)26/h1-13,25H. The summed E-state index contributed by atoms with van der Waals surface area (Å²) < 4.78 is 5.36. The maximum Gasteiger partial charge on any atom is 0.344 e. The van der Waals surface area contributed by atoms with Gasteiger partial charge in [-0.25, -0.2) is 4.79 Å². The first kappa shape index (κ1) is 18.1. The lowest BCUT2D eigenvalue weighted by Crippen LogP contribution is -2.02. The fourth-order valence-corrected chi connectivity index (χ4v) is 2.93. The quantitative estimate of drug-likeness (QED) is 0.234. The van der Waals surface area contributed by atoms with Crippen LogP contribution in [0.3, 0.4) is 0 Å². The van der Waals surface area contributed by atoms with Crippen LogP contribution in [0, 0.1) is 10.1 Å². The molecule has 4 rings (SSSR count). The van der Waals surface area contributed by atoms with Crippen molar-refractivity contribution < 1.29 is 14.4 Å². The highest BCUT2D eigenvalue weighted by Crippen LogP contribution is 2.29. The molecule has 0 spiro atoms. The Kier molecular flexibility index (Phi) is 4.62. The van der Waals surface area contributed by atoms with Gasteiger partial charge >= 0.3 is 11.3 Å². The zero-order valence-electron chi connectivity index (χ0n) is 15.0. The molecule has 0 aliphatic rings. The van der Waals surface area contributed by atoms with Gasteiger partial charge in [-0.3, -0.25) is 15.1 Å². The summed E-state index contributed by atoms with van der Waals surface area (Å²) in [5.74, 6) is -0.438. The molecule has 1 N–H and O–H groups in total. The van der Waals surface area contributed by atoms with Crippen molar-refractivity contribution in [1.29, 1.82) is 0 Å². The summed E-state index contributed by atoms with van der Waals surface area (Å²) in [4.78, 5) is 26.8. The van der Waals surface area contributed by atoms with Gasteiger partial charge in [0, 0.05) is 23.2 Å². The average molecular weight is 386 g/mol. The maximum atomic E-state index is 12.3. The Morgan fingerprint density at radius 2 is 1.76 bits per heavy atom. The number of rotatable bonds is 4. The molecule has 0 bridgehead atoms. The molecule has 29 heavy (non-hydrogen) atoms. The van der Waals surface area contributed by atoms with Crippen molar-refractivity contribution in [2.24, 2.45) is 4.99 Å². The summed E-state index contributed by atoms with van der Waals surface area (Å²) in [7, 11) is 0. The second-order valence-electron chi connectivity index (χ2n) is 6.26. The molecule has 1 heterocycles. The Hall–Kier alpha value is -4.26. The molecular weight excluding hydrogens is 372 g/mol. The van der Waals surface area contributed by atoms with Crippen LogP contribution in [0.1, 0.15) is 5.56 Å². The van der Waals surface area contributed by atoms with E-state index in [0.717, 1.165) is 5.39 Å². The van der Waals surface area contributed by atoms with Crippen LogP contribution >= 0.6 is 0 Å². The number of phenols is 1. The van der Waals surface area contributed by atoms with Crippen molar-refractivity contribution >= 4 is 28.6 Å². The fourth-order valence-electron chi connectivity index (χ4n) is 2.93. The van der Waals surface area contributed by atoms with Gasteiger partial charge in [-0.2, -0.15) is 0 Å². The predicted molar refractivity (Wildman–Crippen MR) is 110 cm³/mol. The second-order valence-corrected chi connectivity index (χ2v) is 6.26. The number of nitro groups is 1. The largest absolute Gasteiger partial charge is 0.502 e. The minimum absolute atomic E-state index is 0.235. The van der Waals surface area contributed by atoms with Gasteiger partial charge in [0.15, 0.2) is 0 Å². The summed E-state index contributed by atoms with van der Waals surface area (Å²) in [6.07, 6.45) is 1.35. The average Bonchev–Trinajstić information content (AvgIpc) is 2.73. The number of nitro benzene ring substituents is 1. The number of fused-ring (bicyclic) bond motifs is 1.